The van der Waals surface area contributed by atoms with Gasteiger partial charge in [0.15, 0.2) is 11.5 Å². The van der Waals surface area contributed by atoms with E-state index in [1.54, 1.807) is 12.2 Å². The number of rotatable bonds is 6. The molecule has 12 heteroatoms. The van der Waals surface area contributed by atoms with Crippen LogP contribution in [0.1, 0.15) is 13.3 Å². The van der Waals surface area contributed by atoms with Crippen molar-refractivity contribution in [2.24, 2.45) is 0 Å². The zero-order valence-electron chi connectivity index (χ0n) is 15.8. The molecule has 1 amide bonds. The van der Waals surface area contributed by atoms with E-state index in [-0.39, 0.29) is 19.1 Å². The Kier molecular flexibility index (Phi) is 6.04. The lowest BCUT2D eigenvalue weighted by Gasteiger charge is -2.21. The second kappa shape index (κ2) is 8.42. The minimum Gasteiger partial charge on any atom is -0.748 e. The number of allylic oxidation sites excluding steroid dienone is 2. The average Bonchev–Trinajstić information content (AvgIpc) is 3.35. The van der Waals surface area contributed by atoms with Gasteiger partial charge in [0.2, 0.25) is 6.79 Å². The van der Waals surface area contributed by atoms with Gasteiger partial charge in [0.25, 0.3) is 5.91 Å². The van der Waals surface area contributed by atoms with Crippen LogP contribution in [0.25, 0.3) is 0 Å². The molecule has 160 valence electrons. The average molecular weight is 486 g/mol. The summed E-state index contributed by atoms with van der Waals surface area (Å²) in [5.74, 6) is 0.608. The van der Waals surface area contributed by atoms with E-state index < -0.39 is 15.9 Å². The first kappa shape index (κ1) is 21.5. The van der Waals surface area contributed by atoms with Crippen molar-refractivity contribution in [3.05, 3.63) is 34.2 Å². The van der Waals surface area contributed by atoms with Gasteiger partial charge in [0.1, 0.15) is 10.0 Å². The van der Waals surface area contributed by atoms with Crippen LogP contribution >= 0.6 is 35.7 Å². The van der Waals surface area contributed by atoms with Gasteiger partial charge in [-0.2, -0.15) is 0 Å². The lowest BCUT2D eigenvalue weighted by molar-refractivity contribution is -0.122. The molecule has 0 aromatic heterocycles. The summed E-state index contributed by atoms with van der Waals surface area (Å²) in [6, 6.07) is 3.73. The highest BCUT2D eigenvalue weighted by molar-refractivity contribution is 8.26. The van der Waals surface area contributed by atoms with Crippen LogP contribution in [0, 0.1) is 0 Å². The van der Waals surface area contributed by atoms with Crippen LogP contribution in [0.2, 0.25) is 0 Å². The number of carbonyl (C=O) groups is 1. The van der Waals surface area contributed by atoms with Gasteiger partial charge in [-0.05, 0) is 37.6 Å². The van der Waals surface area contributed by atoms with Crippen molar-refractivity contribution >= 4 is 61.8 Å². The summed E-state index contributed by atoms with van der Waals surface area (Å²) in [6.07, 6.45) is 3.68. The molecule has 0 N–H and O–H groups in total. The molecule has 0 aliphatic carbocycles. The number of anilines is 1. The van der Waals surface area contributed by atoms with E-state index in [4.69, 9.17) is 21.7 Å². The van der Waals surface area contributed by atoms with E-state index >= 15 is 0 Å². The van der Waals surface area contributed by atoms with Gasteiger partial charge in [-0.15, -0.1) is 0 Å². The minimum atomic E-state index is -4.31. The van der Waals surface area contributed by atoms with Gasteiger partial charge in [-0.3, -0.25) is 9.69 Å². The summed E-state index contributed by atoms with van der Waals surface area (Å²) >= 11 is 7.96. The molecule has 0 radical (unpaired) electrons. The number of likely N-dealkylation sites (N-methyl/N-ethyl adjacent to an activating group) is 1. The lowest BCUT2D eigenvalue weighted by atomic mass is 10.2. The first-order chi connectivity index (χ1) is 14.3. The summed E-state index contributed by atoms with van der Waals surface area (Å²) in [6.45, 7) is 2.79. The van der Waals surface area contributed by atoms with Crippen LogP contribution < -0.4 is 14.4 Å². The molecule has 1 aromatic carbocycles. The standard InChI is InChI=1S/C18H18N2O6S4/c1-2-19-17(21)13(29-18(19)27)6-7-14-20(8-3-9-30(22,23)24)15-12(28-14)5-4-11-16(15)26-10-25-11/h4-7H,2-3,8-10H2,1H3,(H,22,23,24)/p-1/b13-6+,14-7?. The maximum Gasteiger partial charge on any atom is 0.266 e. The predicted molar refractivity (Wildman–Crippen MR) is 119 cm³/mol. The third-order valence-corrected chi connectivity index (χ3v) is 7.87. The van der Waals surface area contributed by atoms with Gasteiger partial charge in [0.05, 0.1) is 20.1 Å². The van der Waals surface area contributed by atoms with Crippen LogP contribution in [0.3, 0.4) is 0 Å². The summed E-state index contributed by atoms with van der Waals surface area (Å²) in [7, 11) is -4.31. The van der Waals surface area contributed by atoms with Gasteiger partial charge in [0, 0.05) is 23.7 Å². The molecular formula is C18H17N2O6S4-. The molecule has 0 bridgehead atoms. The fourth-order valence-corrected chi connectivity index (χ4v) is 6.13. The second-order valence-electron chi connectivity index (χ2n) is 6.47. The maximum atomic E-state index is 12.4. The van der Waals surface area contributed by atoms with E-state index in [1.807, 2.05) is 24.0 Å². The summed E-state index contributed by atoms with van der Waals surface area (Å²) in [5, 5.41) is 0.791. The van der Waals surface area contributed by atoms with E-state index in [0.717, 1.165) is 15.6 Å². The highest BCUT2D eigenvalue weighted by Gasteiger charge is 2.34. The number of benzene rings is 1. The van der Waals surface area contributed by atoms with Crippen LogP contribution in [0.4, 0.5) is 5.69 Å². The molecular weight excluding hydrogens is 468 g/mol. The molecule has 1 saturated heterocycles. The Balaban J connectivity index is 1.65. The van der Waals surface area contributed by atoms with Crippen molar-refractivity contribution in [1.29, 1.82) is 0 Å². The van der Waals surface area contributed by atoms with Crippen molar-refractivity contribution in [1.82, 2.24) is 4.90 Å². The molecule has 3 aliphatic heterocycles. The monoisotopic (exact) mass is 485 g/mol. The Labute approximate surface area is 188 Å². The Bertz CT molecular complexity index is 1080. The smallest absolute Gasteiger partial charge is 0.266 e. The number of carbonyl (C=O) groups excluding carboxylic acids is 1. The fourth-order valence-electron chi connectivity index (χ4n) is 3.23. The Hall–Kier alpha value is -1.73. The molecule has 8 nitrogen and oxygen atoms in total. The minimum absolute atomic E-state index is 0.109. The van der Waals surface area contributed by atoms with E-state index in [2.05, 4.69) is 0 Å². The quantitative estimate of drug-likeness (QED) is 0.340. The largest absolute Gasteiger partial charge is 0.748 e. The third kappa shape index (κ3) is 4.19. The number of amides is 1. The third-order valence-electron chi connectivity index (χ3n) is 4.57. The lowest BCUT2D eigenvalue weighted by Crippen LogP contribution is -2.27. The van der Waals surface area contributed by atoms with Crippen molar-refractivity contribution in [2.45, 2.75) is 18.2 Å². The molecule has 0 unspecified atom stereocenters. The number of fused-ring (bicyclic) bond motifs is 3. The SMILES string of the molecule is CCN1C(=O)/C(=C\C=C2Sc3ccc4c(c3N2CCCS(=O)(=O)[O-])OCO4)SC1=S. The zero-order chi connectivity index (χ0) is 21.5. The predicted octanol–water partition coefficient (Wildman–Crippen LogP) is 2.87. The number of nitrogens with zero attached hydrogens (tertiary/aromatic N) is 2. The zero-order valence-corrected chi connectivity index (χ0v) is 19.1. The van der Waals surface area contributed by atoms with Gasteiger partial charge in [-0.1, -0.05) is 35.7 Å². The van der Waals surface area contributed by atoms with E-state index in [9.17, 15) is 17.8 Å². The van der Waals surface area contributed by atoms with E-state index in [0.29, 0.717) is 33.8 Å². The molecule has 1 fully saturated rings. The number of thiocarbonyl (C=S) groups is 1. The molecule has 0 atom stereocenters. The number of hydrogen-bond donors (Lipinski definition) is 0. The molecule has 0 saturated carbocycles. The van der Waals surface area contributed by atoms with Crippen molar-refractivity contribution in [2.75, 3.05) is 30.5 Å². The summed E-state index contributed by atoms with van der Waals surface area (Å²) in [5.41, 5.74) is 0.777. The highest BCUT2D eigenvalue weighted by Crippen LogP contribution is 2.55. The van der Waals surface area contributed by atoms with Crippen LogP contribution in [-0.2, 0) is 14.9 Å². The topological polar surface area (TPSA) is 99.2 Å². The normalized spacial score (nSPS) is 20.7. The second-order valence-corrected chi connectivity index (χ2v) is 10.7. The first-order valence-corrected chi connectivity index (χ1v) is 12.7. The Morgan fingerprint density at radius 2 is 2.03 bits per heavy atom. The van der Waals surface area contributed by atoms with Crippen molar-refractivity contribution < 1.29 is 27.2 Å². The van der Waals surface area contributed by atoms with Gasteiger partial charge in [-0.25, -0.2) is 8.42 Å². The van der Waals surface area contributed by atoms with Crippen LogP contribution in [-0.4, -0.2) is 53.7 Å². The summed E-state index contributed by atoms with van der Waals surface area (Å²) in [4.78, 5) is 17.3. The van der Waals surface area contributed by atoms with Gasteiger partial charge < -0.3 is 18.9 Å². The molecule has 3 heterocycles. The van der Waals surface area contributed by atoms with Crippen LogP contribution in [0.15, 0.2) is 39.1 Å². The van der Waals surface area contributed by atoms with E-state index in [1.165, 1.54) is 28.4 Å². The van der Waals surface area contributed by atoms with Crippen molar-refractivity contribution in [3.63, 3.8) is 0 Å². The number of thioether (sulfide) groups is 2. The first-order valence-electron chi connectivity index (χ1n) is 9.05. The molecule has 3 aliphatic rings. The molecule has 4 rings (SSSR count). The highest BCUT2D eigenvalue weighted by atomic mass is 32.2. The molecule has 0 spiro atoms. The molecule has 1 aromatic rings. The number of ether oxygens (including phenoxy) is 2. The number of hydrogen-bond acceptors (Lipinski definition) is 10. The Morgan fingerprint density at radius 1 is 1.23 bits per heavy atom. The Morgan fingerprint density at radius 3 is 2.73 bits per heavy atom. The molecule has 30 heavy (non-hydrogen) atoms. The fraction of sp³-hybridized carbons (Fsp3) is 0.333. The maximum absolute atomic E-state index is 12.4. The van der Waals surface area contributed by atoms with Gasteiger partial charge >= 0.3 is 0 Å². The van der Waals surface area contributed by atoms with Crippen molar-refractivity contribution in [3.8, 4) is 11.5 Å². The van der Waals surface area contributed by atoms with Crippen LogP contribution in [0.5, 0.6) is 11.5 Å². The summed E-state index contributed by atoms with van der Waals surface area (Å²) < 4.78 is 44.7.